The number of hydrogen-bond donors (Lipinski definition) is 1. The van der Waals surface area contributed by atoms with Crippen LogP contribution in [0.15, 0.2) is 34.1 Å². The standard InChI is InChI=1S/C21H23ClN2O4S2/c1-5-24(6-2)30(27,28)18-9-14-16(10-15(18)22)23-17-8-12(3)7-13(4)20(17)21(14)29-11-19(25)26/h7-10H,5-6,11H2,1-4H3,(H,25,26). The number of aliphatic carboxylic acids is 1. The molecule has 0 amide bonds. The summed E-state index contributed by atoms with van der Waals surface area (Å²) in [5, 5.41) is 10.7. The lowest BCUT2D eigenvalue weighted by molar-refractivity contribution is -0.133. The van der Waals surface area contributed by atoms with Gasteiger partial charge in [-0.1, -0.05) is 31.5 Å². The van der Waals surface area contributed by atoms with Crippen molar-refractivity contribution in [3.63, 3.8) is 0 Å². The third-order valence-electron chi connectivity index (χ3n) is 4.89. The molecule has 1 N–H and O–H groups in total. The van der Waals surface area contributed by atoms with E-state index < -0.39 is 16.0 Å². The van der Waals surface area contributed by atoms with Crippen LogP contribution in [-0.4, -0.2) is 47.6 Å². The molecule has 2 aromatic carbocycles. The van der Waals surface area contributed by atoms with Crippen molar-refractivity contribution in [2.45, 2.75) is 37.5 Å². The first-order valence-electron chi connectivity index (χ1n) is 9.49. The van der Waals surface area contributed by atoms with Crippen LogP contribution < -0.4 is 0 Å². The number of carboxylic acids is 1. The molecule has 160 valence electrons. The molecule has 3 rings (SSSR count). The molecule has 0 radical (unpaired) electrons. The molecule has 0 atom stereocenters. The largest absolute Gasteiger partial charge is 0.481 e. The Balaban J connectivity index is 2.41. The van der Waals surface area contributed by atoms with Gasteiger partial charge in [-0.25, -0.2) is 13.4 Å². The van der Waals surface area contributed by atoms with E-state index in [1.165, 1.54) is 10.4 Å². The number of sulfonamides is 1. The van der Waals surface area contributed by atoms with Crippen molar-refractivity contribution in [2.24, 2.45) is 0 Å². The zero-order valence-corrected chi connectivity index (χ0v) is 19.6. The SMILES string of the molecule is CCN(CC)S(=O)(=O)c1cc2c(SCC(=O)O)c3c(C)cc(C)cc3nc2cc1Cl. The molecule has 0 fully saturated rings. The van der Waals surface area contributed by atoms with Crippen molar-refractivity contribution in [1.29, 1.82) is 0 Å². The highest BCUT2D eigenvalue weighted by Crippen LogP contribution is 2.39. The van der Waals surface area contributed by atoms with E-state index in [0.717, 1.165) is 33.8 Å². The predicted molar refractivity (Wildman–Crippen MR) is 122 cm³/mol. The van der Waals surface area contributed by atoms with Gasteiger partial charge < -0.3 is 5.11 Å². The summed E-state index contributed by atoms with van der Waals surface area (Å²) in [6.45, 7) is 8.09. The molecule has 0 unspecified atom stereocenters. The Morgan fingerprint density at radius 3 is 2.40 bits per heavy atom. The highest BCUT2D eigenvalue weighted by molar-refractivity contribution is 8.00. The summed E-state index contributed by atoms with van der Waals surface area (Å²) >= 11 is 7.55. The van der Waals surface area contributed by atoms with Gasteiger partial charge in [0.1, 0.15) is 4.90 Å². The maximum atomic E-state index is 13.1. The smallest absolute Gasteiger partial charge is 0.313 e. The minimum Gasteiger partial charge on any atom is -0.481 e. The zero-order valence-electron chi connectivity index (χ0n) is 17.2. The molecule has 0 bridgehead atoms. The Hall–Kier alpha value is -1.87. The topological polar surface area (TPSA) is 87.6 Å². The van der Waals surface area contributed by atoms with E-state index in [4.69, 9.17) is 16.6 Å². The molecule has 0 aliphatic rings. The van der Waals surface area contributed by atoms with E-state index >= 15 is 0 Å². The Morgan fingerprint density at radius 1 is 1.13 bits per heavy atom. The Morgan fingerprint density at radius 2 is 1.80 bits per heavy atom. The van der Waals surface area contributed by atoms with E-state index in [-0.39, 0.29) is 15.7 Å². The van der Waals surface area contributed by atoms with E-state index in [2.05, 4.69) is 0 Å². The van der Waals surface area contributed by atoms with Crippen molar-refractivity contribution in [2.75, 3.05) is 18.8 Å². The normalized spacial score (nSPS) is 12.2. The lowest BCUT2D eigenvalue weighted by atomic mass is 10.0. The number of aryl methyl sites for hydroxylation is 2. The van der Waals surface area contributed by atoms with Gasteiger partial charge >= 0.3 is 5.97 Å². The summed E-state index contributed by atoms with van der Waals surface area (Å²) in [7, 11) is -3.79. The fraction of sp³-hybridized carbons (Fsp3) is 0.333. The van der Waals surface area contributed by atoms with Crippen LogP contribution in [0.3, 0.4) is 0 Å². The fourth-order valence-corrected chi connectivity index (χ4v) is 6.57. The summed E-state index contributed by atoms with van der Waals surface area (Å²) < 4.78 is 27.6. The van der Waals surface area contributed by atoms with Gasteiger partial charge in [-0.15, -0.1) is 11.8 Å². The molecular formula is C21H23ClN2O4S2. The van der Waals surface area contributed by atoms with Crippen LogP contribution in [0.4, 0.5) is 0 Å². The highest BCUT2D eigenvalue weighted by Gasteiger charge is 2.26. The average Bonchev–Trinajstić information content (AvgIpc) is 2.64. The summed E-state index contributed by atoms with van der Waals surface area (Å²) in [6.07, 6.45) is 0. The molecule has 0 aliphatic carbocycles. The van der Waals surface area contributed by atoms with Crippen LogP contribution in [-0.2, 0) is 14.8 Å². The lowest BCUT2D eigenvalue weighted by Crippen LogP contribution is -2.30. The quantitative estimate of drug-likeness (QED) is 0.395. The van der Waals surface area contributed by atoms with Gasteiger partial charge in [-0.05, 0) is 43.2 Å². The van der Waals surface area contributed by atoms with Gasteiger partial charge in [-0.2, -0.15) is 4.31 Å². The molecule has 0 saturated carbocycles. The van der Waals surface area contributed by atoms with Crippen LogP contribution in [0.1, 0.15) is 25.0 Å². The van der Waals surface area contributed by atoms with Gasteiger partial charge in [0, 0.05) is 28.8 Å². The number of halogens is 1. The number of fused-ring (bicyclic) bond motifs is 2. The van der Waals surface area contributed by atoms with Crippen LogP contribution >= 0.6 is 23.4 Å². The van der Waals surface area contributed by atoms with E-state index in [1.54, 1.807) is 19.9 Å². The molecule has 0 spiro atoms. The zero-order chi connectivity index (χ0) is 22.2. The van der Waals surface area contributed by atoms with E-state index in [1.807, 2.05) is 26.0 Å². The van der Waals surface area contributed by atoms with Gasteiger partial charge in [-0.3, -0.25) is 4.79 Å². The first-order valence-corrected chi connectivity index (χ1v) is 12.3. The van der Waals surface area contributed by atoms with E-state index in [9.17, 15) is 18.3 Å². The second kappa shape index (κ2) is 8.70. The molecule has 30 heavy (non-hydrogen) atoms. The molecule has 9 heteroatoms. The number of thioether (sulfide) groups is 1. The first-order chi connectivity index (χ1) is 14.1. The fourth-order valence-electron chi connectivity index (χ4n) is 3.59. The number of rotatable bonds is 7. The number of pyridine rings is 1. The van der Waals surface area contributed by atoms with Crippen molar-refractivity contribution in [3.8, 4) is 0 Å². The van der Waals surface area contributed by atoms with Crippen molar-refractivity contribution in [3.05, 3.63) is 40.4 Å². The molecule has 3 aromatic rings. The maximum Gasteiger partial charge on any atom is 0.313 e. The van der Waals surface area contributed by atoms with Gasteiger partial charge in [0.15, 0.2) is 0 Å². The molecule has 0 aliphatic heterocycles. The Kier molecular flexibility index (Phi) is 6.62. The van der Waals surface area contributed by atoms with Gasteiger partial charge in [0.25, 0.3) is 0 Å². The minimum absolute atomic E-state index is 0.00320. The molecule has 1 aromatic heterocycles. The highest BCUT2D eigenvalue weighted by atomic mass is 35.5. The Bertz CT molecular complexity index is 1260. The van der Waals surface area contributed by atoms with Crippen LogP contribution in [0.25, 0.3) is 21.8 Å². The van der Waals surface area contributed by atoms with Crippen LogP contribution in [0.2, 0.25) is 5.02 Å². The van der Waals surface area contributed by atoms with Crippen LogP contribution in [0.5, 0.6) is 0 Å². The van der Waals surface area contributed by atoms with Crippen molar-refractivity contribution in [1.82, 2.24) is 9.29 Å². The van der Waals surface area contributed by atoms with Gasteiger partial charge in [0.05, 0.1) is 21.8 Å². The Labute approximate surface area is 185 Å². The second-order valence-corrected chi connectivity index (χ2v) is 10.3. The van der Waals surface area contributed by atoms with Crippen molar-refractivity contribution < 1.29 is 18.3 Å². The monoisotopic (exact) mass is 466 g/mol. The third-order valence-corrected chi connectivity index (χ3v) is 8.50. The number of carboxylic acid groups (broad SMARTS) is 1. The summed E-state index contributed by atoms with van der Waals surface area (Å²) in [6, 6.07) is 7.02. The summed E-state index contributed by atoms with van der Waals surface area (Å²) in [4.78, 5) is 16.7. The van der Waals surface area contributed by atoms with E-state index in [0.29, 0.717) is 28.9 Å². The summed E-state index contributed by atoms with van der Waals surface area (Å²) in [5.41, 5.74) is 3.25. The summed E-state index contributed by atoms with van der Waals surface area (Å²) in [5.74, 6) is -1.10. The number of carbonyl (C=O) groups is 1. The lowest BCUT2D eigenvalue weighted by Gasteiger charge is -2.20. The first kappa shape index (κ1) is 22.8. The van der Waals surface area contributed by atoms with Gasteiger partial charge in [0.2, 0.25) is 10.0 Å². The number of benzene rings is 2. The molecular weight excluding hydrogens is 444 g/mol. The third kappa shape index (κ3) is 4.14. The predicted octanol–water partition coefficient (Wildman–Crippen LogP) is 4.87. The second-order valence-electron chi connectivity index (χ2n) is 6.99. The van der Waals surface area contributed by atoms with Crippen molar-refractivity contribution >= 4 is 61.2 Å². The minimum atomic E-state index is -3.79. The number of hydrogen-bond acceptors (Lipinski definition) is 5. The molecule has 0 saturated heterocycles. The van der Waals surface area contributed by atoms with Crippen LogP contribution in [0, 0.1) is 13.8 Å². The number of aromatic nitrogens is 1. The average molecular weight is 467 g/mol. The molecule has 1 heterocycles. The molecule has 6 nitrogen and oxygen atoms in total. The number of nitrogens with zero attached hydrogens (tertiary/aromatic N) is 2. The maximum absolute atomic E-state index is 13.1.